The predicted molar refractivity (Wildman–Crippen MR) is 112 cm³/mol. The van der Waals surface area contributed by atoms with Crippen molar-refractivity contribution in [2.45, 2.75) is 39.3 Å². The van der Waals surface area contributed by atoms with Gasteiger partial charge in [0.2, 0.25) is 5.91 Å². The zero-order valence-corrected chi connectivity index (χ0v) is 17.0. The third-order valence-electron chi connectivity index (χ3n) is 5.25. The number of nitrogens with one attached hydrogen (secondary N) is 2. The molecule has 1 aliphatic rings. The molecule has 0 bridgehead atoms. The summed E-state index contributed by atoms with van der Waals surface area (Å²) in [6.45, 7) is 6.13. The highest BCUT2D eigenvalue weighted by molar-refractivity contribution is 5.97. The van der Waals surface area contributed by atoms with Crippen molar-refractivity contribution in [2.75, 3.05) is 18.0 Å². The zero-order valence-electron chi connectivity index (χ0n) is 17.0. The molecule has 154 valence electrons. The Morgan fingerprint density at radius 2 is 1.69 bits per heavy atom. The molecule has 5 nitrogen and oxygen atoms in total. The Hall–Kier alpha value is -2.89. The SMILES string of the molecule is CC(C)C(NC(=O)c1ccccc1F)C(=O)NCc1ccccc1N1CCCC1. The van der Waals surface area contributed by atoms with Crippen LogP contribution in [-0.4, -0.2) is 30.9 Å². The van der Waals surface area contributed by atoms with E-state index in [1.54, 1.807) is 6.07 Å². The van der Waals surface area contributed by atoms with E-state index in [0.29, 0.717) is 6.54 Å². The molecule has 1 atom stereocenters. The number of carbonyl (C=O) groups excluding carboxylic acids is 2. The van der Waals surface area contributed by atoms with Gasteiger partial charge < -0.3 is 15.5 Å². The van der Waals surface area contributed by atoms with Crippen LogP contribution in [0.15, 0.2) is 48.5 Å². The van der Waals surface area contributed by atoms with Crippen molar-refractivity contribution in [1.82, 2.24) is 10.6 Å². The summed E-state index contributed by atoms with van der Waals surface area (Å²) in [5.74, 6) is -1.61. The lowest BCUT2D eigenvalue weighted by Gasteiger charge is -2.24. The van der Waals surface area contributed by atoms with Crippen molar-refractivity contribution >= 4 is 17.5 Å². The lowest BCUT2D eigenvalue weighted by molar-refractivity contribution is -0.124. The lowest BCUT2D eigenvalue weighted by Crippen LogP contribution is -2.49. The zero-order chi connectivity index (χ0) is 20.8. The summed E-state index contributed by atoms with van der Waals surface area (Å²) in [7, 11) is 0. The molecule has 2 amide bonds. The highest BCUT2D eigenvalue weighted by atomic mass is 19.1. The molecule has 0 aromatic heterocycles. The van der Waals surface area contributed by atoms with Crippen molar-refractivity contribution in [2.24, 2.45) is 5.92 Å². The van der Waals surface area contributed by atoms with Gasteiger partial charge in [-0.3, -0.25) is 9.59 Å². The van der Waals surface area contributed by atoms with Crippen LogP contribution in [-0.2, 0) is 11.3 Å². The first-order chi connectivity index (χ1) is 14.0. The average Bonchev–Trinajstić information content (AvgIpc) is 3.25. The normalized spacial score (nSPS) is 14.7. The second-order valence-electron chi connectivity index (χ2n) is 7.72. The highest BCUT2D eigenvalue weighted by Crippen LogP contribution is 2.24. The van der Waals surface area contributed by atoms with Crippen molar-refractivity contribution in [1.29, 1.82) is 0 Å². The maximum absolute atomic E-state index is 13.9. The fraction of sp³-hybridized carbons (Fsp3) is 0.391. The fourth-order valence-corrected chi connectivity index (χ4v) is 3.62. The van der Waals surface area contributed by atoms with Gasteiger partial charge in [-0.25, -0.2) is 4.39 Å². The molecule has 1 aliphatic heterocycles. The topological polar surface area (TPSA) is 61.4 Å². The number of benzene rings is 2. The van der Waals surface area contributed by atoms with Crippen LogP contribution in [0.2, 0.25) is 0 Å². The van der Waals surface area contributed by atoms with Gasteiger partial charge in [0, 0.05) is 25.3 Å². The summed E-state index contributed by atoms with van der Waals surface area (Å²) in [6, 6.07) is 13.1. The fourth-order valence-electron chi connectivity index (χ4n) is 3.62. The summed E-state index contributed by atoms with van der Waals surface area (Å²) in [5, 5.41) is 5.62. The van der Waals surface area contributed by atoms with Gasteiger partial charge in [0.15, 0.2) is 0 Å². The first kappa shape index (κ1) is 20.8. The number of hydrogen-bond donors (Lipinski definition) is 2. The molecular formula is C23H28FN3O2. The Kier molecular flexibility index (Phi) is 6.86. The van der Waals surface area contributed by atoms with Gasteiger partial charge in [-0.2, -0.15) is 0 Å². The van der Waals surface area contributed by atoms with Gasteiger partial charge in [0.05, 0.1) is 5.56 Å². The largest absolute Gasteiger partial charge is 0.371 e. The van der Waals surface area contributed by atoms with E-state index in [1.807, 2.05) is 32.0 Å². The van der Waals surface area contributed by atoms with Gasteiger partial charge in [-0.05, 0) is 42.5 Å². The van der Waals surface area contributed by atoms with Crippen LogP contribution in [0.3, 0.4) is 0 Å². The molecule has 29 heavy (non-hydrogen) atoms. The van der Waals surface area contributed by atoms with Gasteiger partial charge in [-0.1, -0.05) is 44.2 Å². The maximum atomic E-state index is 13.9. The monoisotopic (exact) mass is 397 g/mol. The molecule has 3 rings (SSSR count). The molecule has 1 fully saturated rings. The molecule has 0 spiro atoms. The van der Waals surface area contributed by atoms with Crippen LogP contribution < -0.4 is 15.5 Å². The minimum atomic E-state index is -0.749. The summed E-state index contributed by atoms with van der Waals surface area (Å²) in [4.78, 5) is 27.6. The lowest BCUT2D eigenvalue weighted by atomic mass is 10.0. The summed E-state index contributed by atoms with van der Waals surface area (Å²) < 4.78 is 13.9. The Morgan fingerprint density at radius 1 is 1.03 bits per heavy atom. The Bertz CT molecular complexity index is 863. The summed E-state index contributed by atoms with van der Waals surface area (Å²) in [5.41, 5.74) is 2.12. The van der Waals surface area contributed by atoms with E-state index in [4.69, 9.17) is 0 Å². The molecule has 0 saturated carbocycles. The minimum absolute atomic E-state index is 0.0645. The van der Waals surface area contributed by atoms with Gasteiger partial charge >= 0.3 is 0 Å². The number of hydrogen-bond acceptors (Lipinski definition) is 3. The van der Waals surface area contributed by atoms with Crippen molar-refractivity contribution in [3.05, 3.63) is 65.5 Å². The second-order valence-corrected chi connectivity index (χ2v) is 7.72. The number of halogens is 1. The first-order valence-corrected chi connectivity index (χ1v) is 10.1. The van der Waals surface area contributed by atoms with Crippen molar-refractivity contribution in [3.8, 4) is 0 Å². The van der Waals surface area contributed by atoms with Crippen molar-refractivity contribution < 1.29 is 14.0 Å². The van der Waals surface area contributed by atoms with Crippen LogP contribution >= 0.6 is 0 Å². The van der Waals surface area contributed by atoms with Crippen LogP contribution in [0.5, 0.6) is 0 Å². The predicted octanol–water partition coefficient (Wildman–Crippen LogP) is 3.50. The maximum Gasteiger partial charge on any atom is 0.254 e. The Balaban J connectivity index is 1.66. The van der Waals surface area contributed by atoms with E-state index >= 15 is 0 Å². The number of carbonyl (C=O) groups is 2. The number of para-hydroxylation sites is 1. The standard InChI is InChI=1S/C23H28FN3O2/c1-16(2)21(26-22(28)18-10-4-5-11-19(18)24)23(29)25-15-17-9-3-6-12-20(17)27-13-7-8-14-27/h3-6,9-12,16,21H,7-8,13-15H2,1-2H3,(H,25,29)(H,26,28). The van der Waals surface area contributed by atoms with Crippen LogP contribution in [0.1, 0.15) is 42.6 Å². The average molecular weight is 397 g/mol. The van der Waals surface area contributed by atoms with Crippen LogP contribution in [0, 0.1) is 11.7 Å². The number of rotatable bonds is 7. The van der Waals surface area contributed by atoms with Gasteiger partial charge in [0.1, 0.15) is 11.9 Å². The summed E-state index contributed by atoms with van der Waals surface area (Å²) >= 11 is 0. The molecular weight excluding hydrogens is 369 g/mol. The second kappa shape index (κ2) is 9.54. The number of amides is 2. The van der Waals surface area contributed by atoms with Crippen LogP contribution in [0.4, 0.5) is 10.1 Å². The smallest absolute Gasteiger partial charge is 0.254 e. The van der Waals surface area contributed by atoms with Gasteiger partial charge in [-0.15, -0.1) is 0 Å². The van der Waals surface area contributed by atoms with E-state index in [0.717, 1.165) is 24.3 Å². The summed E-state index contributed by atoms with van der Waals surface area (Å²) in [6.07, 6.45) is 2.36. The molecule has 2 N–H and O–H groups in total. The van der Waals surface area contributed by atoms with Crippen molar-refractivity contribution in [3.63, 3.8) is 0 Å². The number of anilines is 1. The molecule has 2 aromatic carbocycles. The molecule has 2 aromatic rings. The molecule has 0 radical (unpaired) electrons. The first-order valence-electron chi connectivity index (χ1n) is 10.1. The molecule has 1 heterocycles. The quantitative estimate of drug-likeness (QED) is 0.752. The Morgan fingerprint density at radius 3 is 2.38 bits per heavy atom. The van der Waals surface area contributed by atoms with E-state index in [-0.39, 0.29) is 17.4 Å². The molecule has 6 heteroatoms. The van der Waals surface area contributed by atoms with E-state index in [1.165, 1.54) is 31.0 Å². The third kappa shape index (κ3) is 5.13. The third-order valence-corrected chi connectivity index (χ3v) is 5.25. The number of nitrogens with zero attached hydrogens (tertiary/aromatic N) is 1. The van der Waals surface area contributed by atoms with Crippen LogP contribution in [0.25, 0.3) is 0 Å². The van der Waals surface area contributed by atoms with Gasteiger partial charge in [0.25, 0.3) is 5.91 Å². The molecule has 1 saturated heterocycles. The highest BCUT2D eigenvalue weighted by Gasteiger charge is 2.26. The Labute approximate surface area is 171 Å². The van der Waals surface area contributed by atoms with E-state index in [9.17, 15) is 14.0 Å². The minimum Gasteiger partial charge on any atom is -0.371 e. The van der Waals surface area contributed by atoms with E-state index < -0.39 is 17.8 Å². The molecule has 1 unspecified atom stereocenters. The molecule has 0 aliphatic carbocycles. The van der Waals surface area contributed by atoms with E-state index in [2.05, 4.69) is 21.6 Å².